The number of piperazine rings is 1. The highest BCUT2D eigenvalue weighted by molar-refractivity contribution is 5.72. The molecule has 0 spiro atoms. The average Bonchev–Trinajstić information content (AvgIpc) is 2.64. The maximum Gasteiger partial charge on any atom is 0.310 e. The Bertz CT molecular complexity index is 650. The minimum atomic E-state index is -0.237. The van der Waals surface area contributed by atoms with Crippen molar-refractivity contribution in [2.45, 2.75) is 13.0 Å². The third-order valence-corrected chi connectivity index (χ3v) is 4.33. The summed E-state index contributed by atoms with van der Waals surface area (Å²) >= 11 is 0. The van der Waals surface area contributed by atoms with E-state index in [1.165, 1.54) is 12.7 Å². The molecule has 3 rings (SSSR count). The molecular formula is C19H23N3O2. The lowest BCUT2D eigenvalue weighted by molar-refractivity contribution is -0.139. The number of aromatic nitrogens is 1. The second-order valence-electron chi connectivity index (χ2n) is 6.03. The van der Waals surface area contributed by atoms with Gasteiger partial charge in [-0.25, -0.2) is 4.98 Å². The van der Waals surface area contributed by atoms with Crippen LogP contribution in [0.25, 0.3) is 0 Å². The molecule has 0 atom stereocenters. The van der Waals surface area contributed by atoms with Crippen LogP contribution in [0.1, 0.15) is 11.1 Å². The highest BCUT2D eigenvalue weighted by Gasteiger charge is 2.18. The number of carbonyl (C=O) groups is 1. The summed E-state index contributed by atoms with van der Waals surface area (Å²) in [5.41, 5.74) is 2.24. The number of methoxy groups -OCH3 is 1. The van der Waals surface area contributed by atoms with E-state index in [0.717, 1.165) is 44.1 Å². The van der Waals surface area contributed by atoms with Gasteiger partial charge in [0, 0.05) is 38.9 Å². The van der Waals surface area contributed by atoms with Gasteiger partial charge in [-0.1, -0.05) is 36.4 Å². The second-order valence-corrected chi connectivity index (χ2v) is 6.03. The third-order valence-electron chi connectivity index (χ3n) is 4.33. The van der Waals surface area contributed by atoms with Gasteiger partial charge >= 0.3 is 5.97 Å². The van der Waals surface area contributed by atoms with Gasteiger partial charge in [0.2, 0.25) is 0 Å². The van der Waals surface area contributed by atoms with Gasteiger partial charge < -0.3 is 9.64 Å². The number of pyridine rings is 1. The number of ether oxygens (including phenoxy) is 1. The van der Waals surface area contributed by atoms with E-state index in [-0.39, 0.29) is 12.4 Å². The van der Waals surface area contributed by atoms with E-state index in [9.17, 15) is 4.79 Å². The van der Waals surface area contributed by atoms with Crippen LogP contribution in [0.3, 0.4) is 0 Å². The summed E-state index contributed by atoms with van der Waals surface area (Å²) in [5, 5.41) is 0. The Balaban J connectivity index is 1.52. The normalized spacial score (nSPS) is 15.3. The number of anilines is 1. The van der Waals surface area contributed by atoms with E-state index in [0.29, 0.717) is 0 Å². The number of hydrogen-bond acceptors (Lipinski definition) is 5. The molecule has 126 valence electrons. The molecule has 2 aromatic rings. The number of benzene rings is 1. The third kappa shape index (κ3) is 4.32. The molecule has 5 nitrogen and oxygen atoms in total. The predicted molar refractivity (Wildman–Crippen MR) is 93.9 cm³/mol. The van der Waals surface area contributed by atoms with Crippen molar-refractivity contribution in [1.29, 1.82) is 0 Å². The Hall–Kier alpha value is -2.40. The van der Waals surface area contributed by atoms with Crippen molar-refractivity contribution >= 4 is 11.8 Å². The van der Waals surface area contributed by atoms with Crippen LogP contribution in [-0.2, 0) is 22.5 Å². The fraction of sp³-hybridized carbons (Fsp3) is 0.368. The maximum absolute atomic E-state index is 11.3. The maximum atomic E-state index is 11.3. The van der Waals surface area contributed by atoms with Crippen LogP contribution in [0.5, 0.6) is 0 Å². The molecule has 0 unspecified atom stereocenters. The van der Waals surface area contributed by atoms with Gasteiger partial charge in [0.15, 0.2) is 0 Å². The van der Waals surface area contributed by atoms with Gasteiger partial charge in [0.1, 0.15) is 5.82 Å². The summed E-state index contributed by atoms with van der Waals surface area (Å²) in [6.45, 7) is 4.99. The van der Waals surface area contributed by atoms with Gasteiger partial charge in [-0.3, -0.25) is 9.69 Å². The van der Waals surface area contributed by atoms with Crippen molar-refractivity contribution in [1.82, 2.24) is 9.88 Å². The first-order valence-corrected chi connectivity index (χ1v) is 8.27. The molecule has 24 heavy (non-hydrogen) atoms. The molecule has 5 heteroatoms. The zero-order valence-corrected chi connectivity index (χ0v) is 14.0. The molecule has 1 aromatic carbocycles. The largest absolute Gasteiger partial charge is 0.469 e. The molecule has 2 heterocycles. The molecule has 0 aliphatic carbocycles. The Morgan fingerprint density at radius 2 is 1.79 bits per heavy atom. The molecule has 1 aliphatic heterocycles. The van der Waals surface area contributed by atoms with Crippen molar-refractivity contribution in [3.8, 4) is 0 Å². The number of rotatable bonds is 5. The van der Waals surface area contributed by atoms with E-state index in [2.05, 4.69) is 49.9 Å². The molecule has 1 aromatic heterocycles. The van der Waals surface area contributed by atoms with E-state index in [1.54, 1.807) is 6.20 Å². The van der Waals surface area contributed by atoms with Gasteiger partial charge in [-0.05, 0) is 17.2 Å². The van der Waals surface area contributed by atoms with E-state index >= 15 is 0 Å². The first-order chi connectivity index (χ1) is 11.7. The number of carbonyl (C=O) groups excluding carboxylic acids is 1. The van der Waals surface area contributed by atoms with Crippen LogP contribution in [0, 0.1) is 0 Å². The van der Waals surface area contributed by atoms with Crippen molar-refractivity contribution < 1.29 is 9.53 Å². The van der Waals surface area contributed by atoms with Gasteiger partial charge in [0.25, 0.3) is 0 Å². The van der Waals surface area contributed by atoms with E-state index in [1.807, 2.05) is 12.1 Å². The molecule has 0 amide bonds. The smallest absolute Gasteiger partial charge is 0.310 e. The fourth-order valence-electron chi connectivity index (χ4n) is 2.92. The van der Waals surface area contributed by atoms with Crippen molar-refractivity contribution in [3.63, 3.8) is 0 Å². The Morgan fingerprint density at radius 3 is 2.42 bits per heavy atom. The zero-order valence-electron chi connectivity index (χ0n) is 14.0. The zero-order chi connectivity index (χ0) is 16.8. The molecule has 0 bridgehead atoms. The average molecular weight is 325 g/mol. The summed E-state index contributed by atoms with van der Waals surface area (Å²) in [7, 11) is 1.40. The quantitative estimate of drug-likeness (QED) is 0.788. The number of nitrogens with zero attached hydrogens (tertiary/aromatic N) is 3. The SMILES string of the molecule is COC(=O)Cc1ccc(N2CCN(Cc3ccccc3)CC2)nc1. The topological polar surface area (TPSA) is 45.7 Å². The van der Waals surface area contributed by atoms with Crippen LogP contribution in [-0.4, -0.2) is 49.1 Å². The van der Waals surface area contributed by atoms with Crippen molar-refractivity contribution in [2.24, 2.45) is 0 Å². The van der Waals surface area contributed by atoms with Gasteiger partial charge in [-0.2, -0.15) is 0 Å². The fourth-order valence-corrected chi connectivity index (χ4v) is 2.92. The lowest BCUT2D eigenvalue weighted by Crippen LogP contribution is -2.46. The molecule has 0 saturated carbocycles. The van der Waals surface area contributed by atoms with Gasteiger partial charge in [-0.15, -0.1) is 0 Å². The van der Waals surface area contributed by atoms with Crippen molar-refractivity contribution in [2.75, 3.05) is 38.2 Å². The minimum absolute atomic E-state index is 0.237. The molecule has 0 radical (unpaired) electrons. The Labute approximate surface area is 142 Å². The summed E-state index contributed by atoms with van der Waals surface area (Å²) in [6.07, 6.45) is 2.04. The molecule has 1 saturated heterocycles. The Morgan fingerprint density at radius 1 is 1.04 bits per heavy atom. The minimum Gasteiger partial charge on any atom is -0.469 e. The summed E-state index contributed by atoms with van der Waals surface area (Å²) in [5.74, 6) is 0.738. The van der Waals surface area contributed by atoms with Crippen LogP contribution in [0.15, 0.2) is 48.7 Å². The summed E-state index contributed by atoms with van der Waals surface area (Å²) in [4.78, 5) is 20.6. The van der Waals surface area contributed by atoms with E-state index < -0.39 is 0 Å². The molecule has 0 N–H and O–H groups in total. The van der Waals surface area contributed by atoms with Gasteiger partial charge in [0.05, 0.1) is 13.5 Å². The van der Waals surface area contributed by atoms with Crippen LogP contribution in [0.2, 0.25) is 0 Å². The lowest BCUT2D eigenvalue weighted by Gasteiger charge is -2.35. The van der Waals surface area contributed by atoms with Crippen LogP contribution >= 0.6 is 0 Å². The summed E-state index contributed by atoms with van der Waals surface area (Å²) < 4.78 is 4.68. The monoisotopic (exact) mass is 325 g/mol. The van der Waals surface area contributed by atoms with Crippen molar-refractivity contribution in [3.05, 3.63) is 59.8 Å². The van der Waals surface area contributed by atoms with Crippen LogP contribution < -0.4 is 4.90 Å². The standard InChI is InChI=1S/C19H23N3O2/c1-24-19(23)13-17-7-8-18(20-14-17)22-11-9-21(10-12-22)15-16-5-3-2-4-6-16/h2-8,14H,9-13,15H2,1H3. The first kappa shape index (κ1) is 16.5. The highest BCUT2D eigenvalue weighted by Crippen LogP contribution is 2.16. The number of esters is 1. The molecule has 1 aliphatic rings. The van der Waals surface area contributed by atoms with E-state index in [4.69, 9.17) is 0 Å². The number of hydrogen-bond donors (Lipinski definition) is 0. The highest BCUT2D eigenvalue weighted by atomic mass is 16.5. The Kier molecular flexibility index (Phi) is 5.43. The second kappa shape index (κ2) is 7.93. The lowest BCUT2D eigenvalue weighted by atomic mass is 10.2. The molecular weight excluding hydrogens is 302 g/mol. The summed E-state index contributed by atoms with van der Waals surface area (Å²) in [6, 6.07) is 14.5. The predicted octanol–water partition coefficient (Wildman–Crippen LogP) is 2.12. The molecule has 1 fully saturated rings. The van der Waals surface area contributed by atoms with Crippen LogP contribution in [0.4, 0.5) is 5.82 Å². The first-order valence-electron chi connectivity index (χ1n) is 8.27.